The number of alkyl halides is 2. The van der Waals surface area contributed by atoms with Crippen molar-refractivity contribution in [2.24, 2.45) is 0 Å². The fourth-order valence-electron chi connectivity index (χ4n) is 1.99. The molecule has 6 heteroatoms. The van der Waals surface area contributed by atoms with Crippen LogP contribution in [0.15, 0.2) is 29.6 Å². The van der Waals surface area contributed by atoms with Crippen LogP contribution in [-0.4, -0.2) is 18.1 Å². The monoisotopic (exact) mass is 312 g/mol. The number of nitrogens with one attached hydrogen (secondary N) is 1. The van der Waals surface area contributed by atoms with Crippen LogP contribution in [0.25, 0.3) is 0 Å². The molecule has 0 saturated carbocycles. The second kappa shape index (κ2) is 7.47. The molecule has 0 radical (unpaired) electrons. The summed E-state index contributed by atoms with van der Waals surface area (Å²) in [6, 6.07) is 6.84. The average molecular weight is 312 g/mol. The third-order valence-corrected chi connectivity index (χ3v) is 4.07. The second-order valence-corrected chi connectivity index (χ2v) is 5.70. The highest BCUT2D eigenvalue weighted by Gasteiger charge is 2.09. The Kier molecular flexibility index (Phi) is 5.64. The summed E-state index contributed by atoms with van der Waals surface area (Å²) in [5, 5.41) is 6.49. The highest BCUT2D eigenvalue weighted by atomic mass is 32.1. The SMILES string of the molecule is Cc1csc(CCNC(C)c2cccc(OC(F)F)c2)n1. The Morgan fingerprint density at radius 3 is 2.86 bits per heavy atom. The first-order chi connectivity index (χ1) is 10.0. The van der Waals surface area contributed by atoms with Gasteiger partial charge in [-0.05, 0) is 31.5 Å². The van der Waals surface area contributed by atoms with E-state index in [1.165, 1.54) is 6.07 Å². The third kappa shape index (κ3) is 5.06. The van der Waals surface area contributed by atoms with Gasteiger partial charge in [-0.3, -0.25) is 0 Å². The standard InChI is InChI=1S/C15H18F2N2OS/c1-10-9-21-14(19-10)6-7-18-11(2)12-4-3-5-13(8-12)20-15(16)17/h3-5,8-9,11,15,18H,6-7H2,1-2H3. The largest absolute Gasteiger partial charge is 0.435 e. The number of ether oxygens (including phenoxy) is 1. The normalized spacial score (nSPS) is 12.6. The molecule has 114 valence electrons. The van der Waals surface area contributed by atoms with E-state index in [9.17, 15) is 8.78 Å². The zero-order chi connectivity index (χ0) is 15.2. The van der Waals surface area contributed by atoms with Gasteiger partial charge in [-0.1, -0.05) is 12.1 Å². The van der Waals surface area contributed by atoms with E-state index in [2.05, 4.69) is 15.0 Å². The van der Waals surface area contributed by atoms with Gasteiger partial charge >= 0.3 is 6.61 Å². The predicted octanol–water partition coefficient (Wildman–Crippen LogP) is 3.95. The van der Waals surface area contributed by atoms with E-state index < -0.39 is 6.61 Å². The van der Waals surface area contributed by atoms with Crippen LogP contribution < -0.4 is 10.1 Å². The summed E-state index contributed by atoms with van der Waals surface area (Å²) >= 11 is 1.65. The van der Waals surface area contributed by atoms with E-state index in [1.54, 1.807) is 23.5 Å². The molecule has 1 aromatic heterocycles. The minimum atomic E-state index is -2.79. The number of hydrogen-bond donors (Lipinski definition) is 1. The number of thiazole rings is 1. The summed E-state index contributed by atoms with van der Waals surface area (Å²) in [6.45, 7) is 1.96. The van der Waals surface area contributed by atoms with Crippen molar-refractivity contribution < 1.29 is 13.5 Å². The van der Waals surface area contributed by atoms with Crippen molar-refractivity contribution in [1.29, 1.82) is 0 Å². The molecule has 1 aromatic carbocycles. The Bertz CT molecular complexity index is 574. The van der Waals surface area contributed by atoms with Crippen LogP contribution >= 0.6 is 11.3 Å². The van der Waals surface area contributed by atoms with E-state index in [1.807, 2.05) is 25.3 Å². The lowest BCUT2D eigenvalue weighted by Crippen LogP contribution is -2.21. The molecule has 1 unspecified atom stereocenters. The van der Waals surface area contributed by atoms with Gasteiger partial charge in [0.25, 0.3) is 0 Å². The van der Waals surface area contributed by atoms with Crippen molar-refractivity contribution in [3.8, 4) is 5.75 Å². The molecule has 0 bridgehead atoms. The second-order valence-electron chi connectivity index (χ2n) is 4.76. The molecule has 2 aromatic rings. The van der Waals surface area contributed by atoms with Crippen molar-refractivity contribution in [1.82, 2.24) is 10.3 Å². The third-order valence-electron chi connectivity index (χ3n) is 3.04. The van der Waals surface area contributed by atoms with Gasteiger partial charge in [-0.15, -0.1) is 11.3 Å². The van der Waals surface area contributed by atoms with Gasteiger partial charge in [0.1, 0.15) is 5.75 Å². The molecule has 21 heavy (non-hydrogen) atoms. The molecule has 0 amide bonds. The van der Waals surface area contributed by atoms with Gasteiger partial charge in [-0.25, -0.2) is 4.98 Å². The smallest absolute Gasteiger partial charge is 0.387 e. The molecular weight excluding hydrogens is 294 g/mol. The van der Waals surface area contributed by atoms with Crippen LogP contribution in [0, 0.1) is 6.92 Å². The van der Waals surface area contributed by atoms with Crippen molar-refractivity contribution in [2.45, 2.75) is 32.9 Å². The molecule has 0 fully saturated rings. The predicted molar refractivity (Wildman–Crippen MR) is 80.0 cm³/mol. The zero-order valence-electron chi connectivity index (χ0n) is 12.0. The van der Waals surface area contributed by atoms with Crippen molar-refractivity contribution in [3.05, 3.63) is 45.9 Å². The van der Waals surface area contributed by atoms with E-state index >= 15 is 0 Å². The van der Waals surface area contributed by atoms with Crippen LogP contribution in [0.3, 0.4) is 0 Å². The van der Waals surface area contributed by atoms with E-state index in [0.717, 1.165) is 29.2 Å². The van der Waals surface area contributed by atoms with E-state index in [4.69, 9.17) is 0 Å². The molecule has 3 nitrogen and oxygen atoms in total. The minimum absolute atomic E-state index is 0.0623. The number of aromatic nitrogens is 1. The molecular formula is C15H18F2N2OS. The lowest BCUT2D eigenvalue weighted by molar-refractivity contribution is -0.0499. The van der Waals surface area contributed by atoms with Crippen LogP contribution in [0.1, 0.15) is 29.2 Å². The number of rotatable bonds is 7. The van der Waals surface area contributed by atoms with E-state index in [0.29, 0.717) is 0 Å². The summed E-state index contributed by atoms with van der Waals surface area (Å²) in [6.07, 6.45) is 0.857. The Morgan fingerprint density at radius 1 is 1.38 bits per heavy atom. The maximum atomic E-state index is 12.2. The molecule has 0 aliphatic rings. The topological polar surface area (TPSA) is 34.1 Å². The summed E-state index contributed by atoms with van der Waals surface area (Å²) < 4.78 is 28.8. The van der Waals surface area contributed by atoms with E-state index in [-0.39, 0.29) is 11.8 Å². The molecule has 0 aliphatic carbocycles. The number of benzene rings is 1. The first-order valence-electron chi connectivity index (χ1n) is 6.74. The lowest BCUT2D eigenvalue weighted by Gasteiger charge is -2.15. The fourth-order valence-corrected chi connectivity index (χ4v) is 2.77. The summed E-state index contributed by atoms with van der Waals surface area (Å²) in [5.41, 5.74) is 1.96. The van der Waals surface area contributed by atoms with Gasteiger partial charge < -0.3 is 10.1 Å². The fraction of sp³-hybridized carbons (Fsp3) is 0.400. The van der Waals surface area contributed by atoms with Gasteiger partial charge in [0.2, 0.25) is 0 Å². The van der Waals surface area contributed by atoms with Crippen molar-refractivity contribution in [3.63, 3.8) is 0 Å². The summed E-state index contributed by atoms with van der Waals surface area (Å²) in [7, 11) is 0. The minimum Gasteiger partial charge on any atom is -0.435 e. The molecule has 2 rings (SSSR count). The van der Waals surface area contributed by atoms with Crippen LogP contribution in [0.4, 0.5) is 8.78 Å². The summed E-state index contributed by atoms with van der Waals surface area (Å²) in [5.74, 6) is 0.187. The molecule has 0 aliphatic heterocycles. The van der Waals surface area contributed by atoms with Gasteiger partial charge in [0.05, 0.1) is 5.01 Å². The number of nitrogens with zero attached hydrogens (tertiary/aromatic N) is 1. The van der Waals surface area contributed by atoms with Crippen molar-refractivity contribution >= 4 is 11.3 Å². The molecule has 0 saturated heterocycles. The highest BCUT2D eigenvalue weighted by Crippen LogP contribution is 2.20. The first-order valence-corrected chi connectivity index (χ1v) is 7.61. The molecule has 0 spiro atoms. The average Bonchev–Trinajstić information content (AvgIpc) is 2.84. The zero-order valence-corrected chi connectivity index (χ0v) is 12.8. The van der Waals surface area contributed by atoms with Gasteiger partial charge in [0, 0.05) is 30.1 Å². The quantitative estimate of drug-likeness (QED) is 0.840. The molecule has 1 N–H and O–H groups in total. The maximum absolute atomic E-state index is 12.2. The summed E-state index contributed by atoms with van der Waals surface area (Å²) in [4.78, 5) is 4.40. The van der Waals surface area contributed by atoms with Crippen LogP contribution in [0.5, 0.6) is 5.75 Å². The Hall–Kier alpha value is -1.53. The molecule has 1 atom stereocenters. The number of halogens is 2. The number of hydrogen-bond acceptors (Lipinski definition) is 4. The number of aryl methyl sites for hydroxylation is 1. The highest BCUT2D eigenvalue weighted by molar-refractivity contribution is 7.09. The van der Waals surface area contributed by atoms with Crippen LogP contribution in [-0.2, 0) is 6.42 Å². The lowest BCUT2D eigenvalue weighted by atomic mass is 10.1. The van der Waals surface area contributed by atoms with Gasteiger partial charge in [-0.2, -0.15) is 8.78 Å². The Morgan fingerprint density at radius 2 is 2.19 bits per heavy atom. The Labute approximate surface area is 127 Å². The van der Waals surface area contributed by atoms with Gasteiger partial charge in [0.15, 0.2) is 0 Å². The van der Waals surface area contributed by atoms with Crippen LogP contribution in [0.2, 0.25) is 0 Å². The maximum Gasteiger partial charge on any atom is 0.387 e. The van der Waals surface area contributed by atoms with Crippen molar-refractivity contribution in [2.75, 3.05) is 6.54 Å². The molecule has 1 heterocycles. The Balaban J connectivity index is 1.86. The first kappa shape index (κ1) is 15.9.